The molecule has 0 spiro atoms. The summed E-state index contributed by atoms with van der Waals surface area (Å²) in [7, 11) is 0. The number of hydrogen-bond donors (Lipinski definition) is 2. The summed E-state index contributed by atoms with van der Waals surface area (Å²) in [5.74, 6) is -0.133. The summed E-state index contributed by atoms with van der Waals surface area (Å²) in [5.41, 5.74) is 3.98. The van der Waals surface area contributed by atoms with E-state index in [0.29, 0.717) is 23.9 Å². The molecule has 0 aromatic heterocycles. The van der Waals surface area contributed by atoms with E-state index < -0.39 is 10.8 Å². The van der Waals surface area contributed by atoms with Crippen LogP contribution in [0.4, 0.5) is 11.4 Å². The van der Waals surface area contributed by atoms with Gasteiger partial charge in [-0.15, -0.1) is 0 Å². The number of quaternary nitrogens is 1. The number of anilines is 1. The smallest absolute Gasteiger partial charge is 0.271 e. The number of nitro groups is 1. The van der Waals surface area contributed by atoms with Crippen molar-refractivity contribution >= 4 is 40.5 Å². The van der Waals surface area contributed by atoms with E-state index in [9.17, 15) is 14.9 Å². The van der Waals surface area contributed by atoms with Crippen LogP contribution in [0.1, 0.15) is 10.4 Å². The Morgan fingerprint density at radius 1 is 1.25 bits per heavy atom. The van der Waals surface area contributed by atoms with Crippen molar-refractivity contribution in [2.45, 2.75) is 0 Å². The summed E-state index contributed by atoms with van der Waals surface area (Å²) < 4.78 is 5.48. The van der Waals surface area contributed by atoms with Gasteiger partial charge in [-0.3, -0.25) is 14.9 Å². The fourth-order valence-electron chi connectivity index (χ4n) is 1.90. The van der Waals surface area contributed by atoms with Crippen molar-refractivity contribution in [3.8, 4) is 5.75 Å². The van der Waals surface area contributed by atoms with E-state index in [1.165, 1.54) is 18.2 Å². The zero-order valence-corrected chi connectivity index (χ0v) is 13.9. The summed E-state index contributed by atoms with van der Waals surface area (Å²) in [4.78, 5) is 22.6. The molecule has 0 aliphatic carbocycles. The molecule has 0 unspecified atom stereocenters. The van der Waals surface area contributed by atoms with Crippen molar-refractivity contribution in [2.75, 3.05) is 18.5 Å². The number of nitro benzene ring substituents is 1. The molecule has 24 heavy (non-hydrogen) atoms. The Morgan fingerprint density at radius 2 is 2.00 bits per heavy atom. The molecule has 0 aliphatic heterocycles. The van der Waals surface area contributed by atoms with Crippen LogP contribution in [0.3, 0.4) is 0 Å². The second kappa shape index (κ2) is 7.96. The van der Waals surface area contributed by atoms with E-state index >= 15 is 0 Å². The van der Waals surface area contributed by atoms with Gasteiger partial charge in [0.05, 0.1) is 21.2 Å². The number of rotatable bonds is 6. The lowest BCUT2D eigenvalue weighted by Gasteiger charge is -2.12. The van der Waals surface area contributed by atoms with Crippen molar-refractivity contribution in [3.05, 3.63) is 62.1 Å². The van der Waals surface area contributed by atoms with E-state index in [4.69, 9.17) is 27.9 Å². The van der Waals surface area contributed by atoms with E-state index in [-0.39, 0.29) is 22.0 Å². The zero-order valence-electron chi connectivity index (χ0n) is 12.4. The molecule has 0 saturated carbocycles. The molecular formula is C15H14Cl2N3O4+. The fourth-order valence-corrected chi connectivity index (χ4v) is 2.29. The van der Waals surface area contributed by atoms with Crippen LogP contribution >= 0.6 is 23.2 Å². The molecule has 7 nitrogen and oxygen atoms in total. The van der Waals surface area contributed by atoms with E-state index in [2.05, 4.69) is 11.1 Å². The molecule has 0 heterocycles. The number of benzene rings is 2. The molecule has 4 N–H and O–H groups in total. The summed E-state index contributed by atoms with van der Waals surface area (Å²) in [6.07, 6.45) is 0. The molecule has 0 saturated heterocycles. The van der Waals surface area contributed by atoms with Gasteiger partial charge >= 0.3 is 0 Å². The largest absolute Gasteiger partial charge is 0.487 e. The minimum Gasteiger partial charge on any atom is -0.487 e. The molecule has 9 heteroatoms. The first-order valence-electron chi connectivity index (χ1n) is 6.89. The van der Waals surface area contributed by atoms with E-state index in [1.54, 1.807) is 12.1 Å². The summed E-state index contributed by atoms with van der Waals surface area (Å²) in [5, 5.41) is 13.7. The highest BCUT2D eigenvalue weighted by atomic mass is 35.5. The third-order valence-corrected chi connectivity index (χ3v) is 3.55. The van der Waals surface area contributed by atoms with Crippen LogP contribution in [0.15, 0.2) is 36.4 Å². The number of nitrogens with one attached hydrogen (secondary N) is 1. The summed E-state index contributed by atoms with van der Waals surface area (Å²) in [6, 6.07) is 8.43. The highest BCUT2D eigenvalue weighted by molar-refractivity contribution is 6.34. The van der Waals surface area contributed by atoms with Gasteiger partial charge in [-0.2, -0.15) is 0 Å². The monoisotopic (exact) mass is 370 g/mol. The minimum atomic E-state index is -0.570. The molecule has 0 atom stereocenters. The number of carbonyl (C=O) groups excluding carboxylic acids is 1. The van der Waals surface area contributed by atoms with Gasteiger partial charge in [-0.25, -0.2) is 0 Å². The Bertz CT molecular complexity index is 783. The molecule has 0 aliphatic rings. The van der Waals surface area contributed by atoms with Gasteiger partial charge in [-0.05, 0) is 24.3 Å². The molecule has 0 fully saturated rings. The number of halogens is 2. The highest BCUT2D eigenvalue weighted by Crippen LogP contribution is 2.29. The van der Waals surface area contributed by atoms with Crippen LogP contribution in [0.2, 0.25) is 10.0 Å². The van der Waals surface area contributed by atoms with Gasteiger partial charge < -0.3 is 15.8 Å². The fraction of sp³-hybridized carbons (Fsp3) is 0.133. The van der Waals surface area contributed by atoms with E-state index in [0.717, 1.165) is 6.07 Å². The first-order valence-corrected chi connectivity index (χ1v) is 7.65. The van der Waals surface area contributed by atoms with Crippen molar-refractivity contribution < 1.29 is 20.2 Å². The average molecular weight is 371 g/mol. The first-order chi connectivity index (χ1) is 11.4. The summed E-state index contributed by atoms with van der Waals surface area (Å²) in [6.45, 7) is 0.887. The van der Waals surface area contributed by atoms with Gasteiger partial charge in [0, 0.05) is 17.2 Å². The molecule has 0 bridgehead atoms. The topological polar surface area (TPSA) is 109 Å². The van der Waals surface area contributed by atoms with Crippen LogP contribution in [0.25, 0.3) is 0 Å². The van der Waals surface area contributed by atoms with Crippen LogP contribution < -0.4 is 15.8 Å². The number of nitrogens with zero attached hydrogens (tertiary/aromatic N) is 1. The van der Waals surface area contributed by atoms with Gasteiger partial charge in [0.2, 0.25) is 0 Å². The first kappa shape index (κ1) is 18.0. The Balaban J connectivity index is 2.26. The number of amides is 1. The predicted octanol–water partition coefficient (Wildman–Crippen LogP) is 2.77. The van der Waals surface area contributed by atoms with Gasteiger partial charge in [0.15, 0.2) is 0 Å². The second-order valence-electron chi connectivity index (χ2n) is 4.72. The number of carbonyl (C=O) groups is 1. The van der Waals surface area contributed by atoms with Crippen LogP contribution in [0.5, 0.6) is 5.75 Å². The normalized spacial score (nSPS) is 10.3. The molecule has 1 amide bonds. The molecule has 2 aromatic rings. The Hall–Kier alpha value is -2.35. The second-order valence-corrected chi connectivity index (χ2v) is 5.56. The van der Waals surface area contributed by atoms with Crippen molar-refractivity contribution in [2.24, 2.45) is 0 Å². The maximum atomic E-state index is 12.5. The Labute approximate surface area is 147 Å². The lowest BCUT2D eigenvalue weighted by molar-refractivity contribution is -0.384. The summed E-state index contributed by atoms with van der Waals surface area (Å²) >= 11 is 11.9. The number of ether oxygens (including phenoxy) is 1. The number of hydrogen-bond acceptors (Lipinski definition) is 4. The van der Waals surface area contributed by atoms with Crippen LogP contribution in [-0.2, 0) is 0 Å². The SMILES string of the molecule is [NH3+]CCOc1ccc(Cl)cc1C(=O)Nc1ccc([N+](=O)[O-])cc1Cl. The predicted molar refractivity (Wildman–Crippen MR) is 90.8 cm³/mol. The minimum absolute atomic E-state index is 0.0554. The molecular weight excluding hydrogens is 357 g/mol. The van der Waals surface area contributed by atoms with Crippen molar-refractivity contribution in [1.82, 2.24) is 0 Å². The average Bonchev–Trinajstić information content (AvgIpc) is 2.55. The van der Waals surface area contributed by atoms with Crippen LogP contribution in [0, 0.1) is 10.1 Å². The lowest BCUT2D eigenvalue weighted by Crippen LogP contribution is -2.52. The third kappa shape index (κ3) is 4.35. The molecule has 0 radical (unpaired) electrons. The van der Waals surface area contributed by atoms with Crippen molar-refractivity contribution in [3.63, 3.8) is 0 Å². The molecule has 126 valence electrons. The maximum Gasteiger partial charge on any atom is 0.271 e. The lowest BCUT2D eigenvalue weighted by atomic mass is 10.1. The zero-order chi connectivity index (χ0) is 17.7. The highest BCUT2D eigenvalue weighted by Gasteiger charge is 2.16. The van der Waals surface area contributed by atoms with E-state index in [1.807, 2.05) is 0 Å². The molecule has 2 rings (SSSR count). The third-order valence-electron chi connectivity index (χ3n) is 3.00. The maximum absolute atomic E-state index is 12.5. The van der Waals surface area contributed by atoms with Crippen LogP contribution in [-0.4, -0.2) is 24.0 Å². The van der Waals surface area contributed by atoms with Gasteiger partial charge in [-0.1, -0.05) is 23.2 Å². The molecule has 2 aromatic carbocycles. The number of non-ortho nitro benzene ring substituents is 1. The Kier molecular flexibility index (Phi) is 5.97. The van der Waals surface area contributed by atoms with Gasteiger partial charge in [0.25, 0.3) is 11.6 Å². The van der Waals surface area contributed by atoms with Crippen molar-refractivity contribution in [1.29, 1.82) is 0 Å². The Morgan fingerprint density at radius 3 is 2.62 bits per heavy atom. The quantitative estimate of drug-likeness (QED) is 0.601. The standard InChI is InChI=1S/C15H13Cl2N3O4/c16-9-1-4-14(24-6-5-18)11(7-9)15(21)19-13-3-2-10(20(22)23)8-12(13)17/h1-4,7-8H,5-6,18H2,(H,19,21)/p+1. The van der Waals surface area contributed by atoms with Gasteiger partial charge in [0.1, 0.15) is 18.9 Å².